The Morgan fingerprint density at radius 1 is 1.31 bits per heavy atom. The lowest BCUT2D eigenvalue weighted by Gasteiger charge is -2.37. The van der Waals surface area contributed by atoms with E-state index in [1.165, 1.54) is 0 Å². The minimum Gasteiger partial charge on any atom is -0.490 e. The zero-order valence-corrected chi connectivity index (χ0v) is 23.0. The van der Waals surface area contributed by atoms with Crippen LogP contribution in [0.2, 0.25) is 0 Å². The van der Waals surface area contributed by atoms with Crippen LogP contribution in [-0.4, -0.2) is 53.8 Å². The standard InChI is InChI=1S/C28H35ClN3O3P/c1-5-8-22(7-3)35-26-13-11-23(36-34)19-24(26)28(33)32-17-15-31(16-18-32)27-14-9-20(4)25(30-27)12-10-21(29)6-2/h6,9-14,19-20,22H,2,5,7-8,15-18H2,1,3-4H3/b21-10+,25-12+. The summed E-state index contributed by atoms with van der Waals surface area (Å²) in [6.45, 7) is 12.4. The quantitative estimate of drug-likeness (QED) is 0.287. The van der Waals surface area contributed by atoms with Crippen LogP contribution in [0.4, 0.5) is 0 Å². The number of hydrogen-bond acceptors (Lipinski definition) is 5. The van der Waals surface area contributed by atoms with Gasteiger partial charge in [0.1, 0.15) is 11.6 Å². The SMILES string of the molecule is C=C/C(Cl)=C\C=C1\N=C(N2CCN(C(=O)c3cc(P=O)ccc3OC(CC)CCC)CC2)C=CC1C. The van der Waals surface area contributed by atoms with E-state index in [1.54, 1.807) is 30.4 Å². The summed E-state index contributed by atoms with van der Waals surface area (Å²) in [5, 5.41) is 1.13. The zero-order valence-electron chi connectivity index (χ0n) is 21.3. The molecule has 1 aromatic rings. The summed E-state index contributed by atoms with van der Waals surface area (Å²) in [6.07, 6.45) is 12.3. The number of rotatable bonds is 9. The monoisotopic (exact) mass is 527 g/mol. The van der Waals surface area contributed by atoms with Crippen LogP contribution in [0.1, 0.15) is 50.4 Å². The van der Waals surface area contributed by atoms with E-state index >= 15 is 0 Å². The fourth-order valence-corrected chi connectivity index (χ4v) is 4.58. The fourth-order valence-electron chi connectivity index (χ4n) is 4.20. The van der Waals surface area contributed by atoms with Crippen molar-refractivity contribution in [3.05, 3.63) is 71.5 Å². The number of nitrogens with zero attached hydrogens (tertiary/aromatic N) is 3. The third kappa shape index (κ3) is 7.18. The molecule has 36 heavy (non-hydrogen) atoms. The van der Waals surface area contributed by atoms with Crippen molar-refractivity contribution in [2.45, 2.75) is 46.1 Å². The molecular weight excluding hydrogens is 493 g/mol. The Kier molecular flexibility index (Phi) is 10.5. The van der Waals surface area contributed by atoms with Crippen LogP contribution >= 0.6 is 20.1 Å². The third-order valence-corrected chi connectivity index (χ3v) is 7.17. The number of amides is 1. The van der Waals surface area contributed by atoms with Gasteiger partial charge in [0.2, 0.25) is 0 Å². The number of carbonyl (C=O) groups is 1. The van der Waals surface area contributed by atoms with Crippen molar-refractivity contribution in [2.24, 2.45) is 10.9 Å². The van der Waals surface area contributed by atoms with Crippen LogP contribution in [0, 0.1) is 5.92 Å². The Hall–Kier alpha value is -2.69. The maximum atomic E-state index is 13.5. The highest BCUT2D eigenvalue weighted by Gasteiger charge is 2.27. The smallest absolute Gasteiger partial charge is 0.257 e. The molecule has 0 bridgehead atoms. The average Bonchev–Trinajstić information content (AvgIpc) is 2.92. The lowest BCUT2D eigenvalue weighted by molar-refractivity contribution is 0.0684. The van der Waals surface area contributed by atoms with E-state index in [9.17, 15) is 9.36 Å². The first kappa shape index (κ1) is 27.9. The first-order chi connectivity index (χ1) is 17.4. The number of hydrogen-bond donors (Lipinski definition) is 0. The lowest BCUT2D eigenvalue weighted by atomic mass is 10.0. The van der Waals surface area contributed by atoms with E-state index in [0.717, 1.165) is 30.8 Å². The first-order valence-electron chi connectivity index (χ1n) is 12.5. The number of allylic oxidation sites excluding steroid dienone is 5. The Labute approximate surface area is 221 Å². The maximum absolute atomic E-state index is 13.5. The molecule has 2 unspecified atom stereocenters. The molecule has 6 nitrogen and oxygen atoms in total. The van der Waals surface area contributed by atoms with Crippen LogP contribution in [0.25, 0.3) is 0 Å². The highest BCUT2D eigenvalue weighted by atomic mass is 35.5. The molecule has 2 heterocycles. The van der Waals surface area contributed by atoms with Crippen molar-refractivity contribution in [1.29, 1.82) is 0 Å². The number of carbonyl (C=O) groups excluding carboxylic acids is 1. The van der Waals surface area contributed by atoms with E-state index in [2.05, 4.69) is 38.3 Å². The topological polar surface area (TPSA) is 62.2 Å². The molecule has 2 aliphatic rings. The lowest BCUT2D eigenvalue weighted by Crippen LogP contribution is -2.50. The zero-order chi connectivity index (χ0) is 26.1. The normalized spacial score (nSPS) is 20.4. The Bertz CT molecular complexity index is 1090. The molecule has 1 fully saturated rings. The molecule has 2 atom stereocenters. The Morgan fingerprint density at radius 2 is 2.06 bits per heavy atom. The van der Waals surface area contributed by atoms with E-state index in [1.807, 2.05) is 17.1 Å². The Balaban J connectivity index is 1.73. The van der Waals surface area contributed by atoms with Crippen molar-refractivity contribution in [3.63, 3.8) is 0 Å². The predicted octanol–water partition coefficient (Wildman–Crippen LogP) is 6.12. The van der Waals surface area contributed by atoms with Crippen molar-refractivity contribution < 1.29 is 14.1 Å². The third-order valence-electron chi connectivity index (χ3n) is 6.40. The molecule has 1 amide bonds. The van der Waals surface area contributed by atoms with Gasteiger partial charge in [-0.25, -0.2) is 4.99 Å². The van der Waals surface area contributed by atoms with Crippen molar-refractivity contribution in [3.8, 4) is 5.75 Å². The molecule has 192 valence electrons. The minimum absolute atomic E-state index is 0.0472. The van der Waals surface area contributed by atoms with E-state index < -0.39 is 0 Å². The predicted molar refractivity (Wildman–Crippen MR) is 149 cm³/mol. The second-order valence-corrected chi connectivity index (χ2v) is 10.1. The molecular formula is C28H35ClN3O3P. The number of piperazine rings is 1. The van der Waals surface area contributed by atoms with Gasteiger partial charge in [0.05, 0.1) is 11.7 Å². The van der Waals surface area contributed by atoms with Gasteiger partial charge in [-0.1, -0.05) is 57.5 Å². The Morgan fingerprint density at radius 3 is 2.69 bits per heavy atom. The summed E-state index contributed by atoms with van der Waals surface area (Å²) < 4.78 is 17.7. The van der Waals surface area contributed by atoms with Crippen LogP contribution in [0.15, 0.2) is 70.9 Å². The van der Waals surface area contributed by atoms with Gasteiger partial charge in [0.15, 0.2) is 8.46 Å². The molecule has 2 aliphatic heterocycles. The molecule has 0 aromatic heterocycles. The van der Waals surface area contributed by atoms with Crippen LogP contribution in [-0.2, 0) is 4.57 Å². The number of halogens is 1. The van der Waals surface area contributed by atoms with Crippen LogP contribution in [0.3, 0.4) is 0 Å². The van der Waals surface area contributed by atoms with Gasteiger partial charge in [-0.2, -0.15) is 0 Å². The van der Waals surface area contributed by atoms with E-state index in [4.69, 9.17) is 21.3 Å². The second-order valence-electron chi connectivity index (χ2n) is 8.95. The molecule has 0 saturated carbocycles. The van der Waals surface area contributed by atoms with Gasteiger partial charge in [-0.3, -0.25) is 9.36 Å². The van der Waals surface area contributed by atoms with Gasteiger partial charge in [-0.15, -0.1) is 0 Å². The van der Waals surface area contributed by atoms with E-state index in [-0.39, 0.29) is 26.4 Å². The van der Waals surface area contributed by atoms with Crippen molar-refractivity contribution in [2.75, 3.05) is 26.2 Å². The van der Waals surface area contributed by atoms with Crippen LogP contribution < -0.4 is 10.0 Å². The van der Waals surface area contributed by atoms with E-state index in [0.29, 0.717) is 47.8 Å². The summed E-state index contributed by atoms with van der Waals surface area (Å²) in [4.78, 5) is 22.4. The number of dihydropyridines is 1. The summed E-state index contributed by atoms with van der Waals surface area (Å²) in [5.41, 5.74) is 1.40. The second kappa shape index (κ2) is 13.6. The van der Waals surface area contributed by atoms with Gasteiger partial charge < -0.3 is 14.5 Å². The molecule has 8 heteroatoms. The van der Waals surface area contributed by atoms with Gasteiger partial charge in [0.25, 0.3) is 5.91 Å². The number of amidine groups is 1. The average molecular weight is 528 g/mol. The van der Waals surface area contributed by atoms with Gasteiger partial charge >= 0.3 is 0 Å². The molecule has 0 N–H and O–H groups in total. The molecule has 0 radical (unpaired) electrons. The summed E-state index contributed by atoms with van der Waals surface area (Å²) >= 11 is 6.05. The number of aliphatic imine (C=N–C) groups is 1. The first-order valence-corrected chi connectivity index (χ1v) is 13.7. The van der Waals surface area contributed by atoms with Gasteiger partial charge in [0, 0.05) is 48.1 Å². The highest BCUT2D eigenvalue weighted by Crippen LogP contribution is 2.25. The molecule has 3 rings (SSSR count). The number of ether oxygens (including phenoxy) is 1. The highest BCUT2D eigenvalue weighted by molar-refractivity contribution is 7.34. The molecule has 0 aliphatic carbocycles. The van der Waals surface area contributed by atoms with Crippen molar-refractivity contribution >= 4 is 37.1 Å². The summed E-state index contributed by atoms with van der Waals surface area (Å²) in [7, 11) is -0.116. The van der Waals surface area contributed by atoms with Gasteiger partial charge in [-0.05, 0) is 49.3 Å². The summed E-state index contributed by atoms with van der Waals surface area (Å²) in [5.74, 6) is 1.54. The maximum Gasteiger partial charge on any atom is 0.257 e. The minimum atomic E-state index is -0.116. The molecule has 0 spiro atoms. The number of benzene rings is 1. The van der Waals surface area contributed by atoms with Crippen LogP contribution in [0.5, 0.6) is 5.75 Å². The van der Waals surface area contributed by atoms with Crippen molar-refractivity contribution in [1.82, 2.24) is 9.80 Å². The molecule has 1 aromatic carbocycles. The molecule has 1 saturated heterocycles. The fraction of sp³-hybridized carbons (Fsp3) is 0.429. The largest absolute Gasteiger partial charge is 0.490 e. The summed E-state index contributed by atoms with van der Waals surface area (Å²) in [6, 6.07) is 5.20.